The van der Waals surface area contributed by atoms with E-state index in [1.807, 2.05) is 0 Å². The van der Waals surface area contributed by atoms with Gasteiger partial charge in [-0.25, -0.2) is 0 Å². The summed E-state index contributed by atoms with van der Waals surface area (Å²) in [4.78, 5) is 0. The molecule has 1 rings (SSSR count). The van der Waals surface area contributed by atoms with E-state index < -0.39 is 12.1 Å². The maximum atomic E-state index is 12.1. The highest BCUT2D eigenvalue weighted by atomic mass is 19.4. The molecule has 0 N–H and O–H groups in total. The van der Waals surface area contributed by atoms with Gasteiger partial charge in [-0.3, -0.25) is 0 Å². The molecule has 0 bridgehead atoms. The summed E-state index contributed by atoms with van der Waals surface area (Å²) >= 11 is 0. The van der Waals surface area contributed by atoms with Crippen molar-refractivity contribution in [1.82, 2.24) is 0 Å². The summed E-state index contributed by atoms with van der Waals surface area (Å²) in [6.45, 7) is 3.59. The summed E-state index contributed by atoms with van der Waals surface area (Å²) in [6, 6.07) is 0. The second kappa shape index (κ2) is 3.50. The van der Waals surface area contributed by atoms with Crippen molar-refractivity contribution < 1.29 is 13.2 Å². The van der Waals surface area contributed by atoms with Crippen LogP contribution in [0.3, 0.4) is 0 Å². The van der Waals surface area contributed by atoms with Gasteiger partial charge in [0.1, 0.15) is 0 Å². The topological polar surface area (TPSA) is 0 Å². The van der Waals surface area contributed by atoms with E-state index in [0.717, 1.165) is 0 Å². The average Bonchev–Trinajstić information content (AvgIpc) is 2.03. The molecule has 70 valence electrons. The van der Waals surface area contributed by atoms with Gasteiger partial charge >= 0.3 is 6.18 Å². The first-order valence-corrected chi connectivity index (χ1v) is 4.23. The molecule has 1 saturated carbocycles. The van der Waals surface area contributed by atoms with Gasteiger partial charge in [0, 0.05) is 0 Å². The Morgan fingerprint density at radius 3 is 1.92 bits per heavy atom. The van der Waals surface area contributed by atoms with E-state index in [9.17, 15) is 13.2 Å². The molecule has 0 atom stereocenters. The van der Waals surface area contributed by atoms with Crippen LogP contribution in [0, 0.1) is 11.8 Å². The minimum atomic E-state index is -3.98. The lowest BCUT2D eigenvalue weighted by Gasteiger charge is -2.27. The molecule has 3 heteroatoms. The van der Waals surface area contributed by atoms with Crippen molar-refractivity contribution in [3.05, 3.63) is 12.7 Å². The molecule has 0 aliphatic heterocycles. The monoisotopic (exact) mass is 178 g/mol. The van der Waals surface area contributed by atoms with Gasteiger partial charge in [0.25, 0.3) is 0 Å². The summed E-state index contributed by atoms with van der Waals surface area (Å²) in [7, 11) is 0. The van der Waals surface area contributed by atoms with Crippen LogP contribution in [0.5, 0.6) is 0 Å². The Morgan fingerprint density at radius 1 is 1.08 bits per heavy atom. The number of allylic oxidation sites excluding steroid dienone is 1. The number of hydrogen-bond donors (Lipinski definition) is 0. The minimum absolute atomic E-state index is 0.278. The third kappa shape index (κ3) is 2.26. The third-order valence-corrected chi connectivity index (χ3v) is 2.57. The van der Waals surface area contributed by atoms with Crippen LogP contribution in [0.4, 0.5) is 13.2 Å². The Balaban J connectivity index is 2.41. The second-order valence-corrected chi connectivity index (χ2v) is 3.39. The number of rotatable bonds is 1. The Labute approximate surface area is 70.5 Å². The van der Waals surface area contributed by atoms with E-state index in [2.05, 4.69) is 6.58 Å². The second-order valence-electron chi connectivity index (χ2n) is 3.39. The zero-order valence-electron chi connectivity index (χ0n) is 6.90. The van der Waals surface area contributed by atoms with Gasteiger partial charge in [-0.1, -0.05) is 6.08 Å². The molecule has 0 unspecified atom stereocenters. The fourth-order valence-corrected chi connectivity index (χ4v) is 1.68. The number of hydrogen-bond acceptors (Lipinski definition) is 0. The molecular weight excluding hydrogens is 165 g/mol. The maximum Gasteiger partial charge on any atom is 0.391 e. The highest BCUT2D eigenvalue weighted by Crippen LogP contribution is 2.39. The molecule has 0 radical (unpaired) electrons. The van der Waals surface area contributed by atoms with Crippen LogP contribution < -0.4 is 0 Å². The van der Waals surface area contributed by atoms with Crippen LogP contribution >= 0.6 is 0 Å². The van der Waals surface area contributed by atoms with Crippen LogP contribution in [0.15, 0.2) is 12.7 Å². The van der Waals surface area contributed by atoms with Gasteiger partial charge in [-0.2, -0.15) is 13.2 Å². The van der Waals surface area contributed by atoms with Crippen LogP contribution in [-0.2, 0) is 0 Å². The first kappa shape index (κ1) is 9.62. The molecule has 12 heavy (non-hydrogen) atoms. The average molecular weight is 178 g/mol. The van der Waals surface area contributed by atoms with Crippen molar-refractivity contribution in [3.63, 3.8) is 0 Å². The molecule has 1 fully saturated rings. The predicted octanol–water partition coefficient (Wildman–Crippen LogP) is 3.54. The predicted molar refractivity (Wildman–Crippen MR) is 41.7 cm³/mol. The van der Waals surface area contributed by atoms with E-state index in [-0.39, 0.29) is 12.8 Å². The molecule has 1 aliphatic carbocycles. The van der Waals surface area contributed by atoms with Crippen molar-refractivity contribution in [1.29, 1.82) is 0 Å². The molecule has 0 amide bonds. The highest BCUT2D eigenvalue weighted by molar-refractivity contribution is 4.85. The Hall–Kier alpha value is -0.470. The molecular formula is C9H13F3. The molecule has 0 nitrogen and oxygen atoms in total. The third-order valence-electron chi connectivity index (χ3n) is 2.57. The molecule has 0 saturated heterocycles. The smallest absolute Gasteiger partial charge is 0.171 e. The van der Waals surface area contributed by atoms with Crippen molar-refractivity contribution in [3.8, 4) is 0 Å². The largest absolute Gasteiger partial charge is 0.391 e. The van der Waals surface area contributed by atoms with Gasteiger partial charge in [-0.15, -0.1) is 6.58 Å². The van der Waals surface area contributed by atoms with Crippen molar-refractivity contribution >= 4 is 0 Å². The molecule has 0 aromatic rings. The lowest BCUT2D eigenvalue weighted by atomic mass is 9.82. The zero-order chi connectivity index (χ0) is 9.19. The Morgan fingerprint density at radius 2 is 1.58 bits per heavy atom. The van der Waals surface area contributed by atoms with Gasteiger partial charge < -0.3 is 0 Å². The molecule has 0 aromatic carbocycles. The van der Waals surface area contributed by atoms with Crippen molar-refractivity contribution in [2.24, 2.45) is 11.8 Å². The van der Waals surface area contributed by atoms with E-state index in [4.69, 9.17) is 0 Å². The Bertz CT molecular complexity index is 152. The summed E-state index contributed by atoms with van der Waals surface area (Å²) in [5, 5.41) is 0. The first-order valence-electron chi connectivity index (χ1n) is 4.23. The fraction of sp³-hybridized carbons (Fsp3) is 0.778. The normalized spacial score (nSPS) is 31.6. The Kier molecular flexibility index (Phi) is 2.80. The molecule has 0 spiro atoms. The molecule has 1 aliphatic rings. The number of halogens is 3. The minimum Gasteiger partial charge on any atom is -0.171 e. The summed E-state index contributed by atoms with van der Waals surface area (Å²) in [5.41, 5.74) is 0. The SMILES string of the molecule is C=CC1CCC(C(F)(F)F)CC1. The van der Waals surface area contributed by atoms with E-state index in [1.54, 1.807) is 6.08 Å². The lowest BCUT2D eigenvalue weighted by Crippen LogP contribution is -2.27. The van der Waals surface area contributed by atoms with Gasteiger partial charge in [0.05, 0.1) is 5.92 Å². The van der Waals surface area contributed by atoms with Crippen LogP contribution in [0.1, 0.15) is 25.7 Å². The van der Waals surface area contributed by atoms with Gasteiger partial charge in [-0.05, 0) is 31.6 Å². The zero-order valence-corrected chi connectivity index (χ0v) is 6.90. The first-order chi connectivity index (χ1) is 5.54. The molecule has 0 aromatic heterocycles. The quantitative estimate of drug-likeness (QED) is 0.539. The van der Waals surface area contributed by atoms with E-state index in [1.165, 1.54) is 0 Å². The van der Waals surface area contributed by atoms with Gasteiger partial charge in [0.15, 0.2) is 0 Å². The molecule has 0 heterocycles. The van der Waals surface area contributed by atoms with Crippen molar-refractivity contribution in [2.45, 2.75) is 31.9 Å². The summed E-state index contributed by atoms with van der Waals surface area (Å²) < 4.78 is 36.4. The van der Waals surface area contributed by atoms with E-state index in [0.29, 0.717) is 18.8 Å². The summed E-state index contributed by atoms with van der Waals surface area (Å²) in [5.74, 6) is -0.753. The highest BCUT2D eigenvalue weighted by Gasteiger charge is 2.40. The lowest BCUT2D eigenvalue weighted by molar-refractivity contribution is -0.183. The maximum absolute atomic E-state index is 12.1. The van der Waals surface area contributed by atoms with Crippen molar-refractivity contribution in [2.75, 3.05) is 0 Å². The van der Waals surface area contributed by atoms with Crippen LogP contribution in [0.25, 0.3) is 0 Å². The summed E-state index contributed by atoms with van der Waals surface area (Å²) in [6.07, 6.45) is -0.361. The van der Waals surface area contributed by atoms with Crippen LogP contribution in [-0.4, -0.2) is 6.18 Å². The van der Waals surface area contributed by atoms with E-state index >= 15 is 0 Å². The fourth-order valence-electron chi connectivity index (χ4n) is 1.68. The number of alkyl halides is 3. The van der Waals surface area contributed by atoms with Crippen LogP contribution in [0.2, 0.25) is 0 Å². The van der Waals surface area contributed by atoms with Gasteiger partial charge in [0.2, 0.25) is 0 Å². The standard InChI is InChI=1S/C9H13F3/c1-2-7-3-5-8(6-4-7)9(10,11)12/h2,7-8H,1,3-6H2.